The van der Waals surface area contributed by atoms with Gasteiger partial charge >= 0.3 is 0 Å². The topological polar surface area (TPSA) is 87.8 Å². The van der Waals surface area contributed by atoms with Gasteiger partial charge in [0, 0.05) is 11.4 Å². The van der Waals surface area contributed by atoms with Crippen LogP contribution < -0.4 is 10.9 Å². The Morgan fingerprint density at radius 1 is 1.34 bits per heavy atom. The standard InChI is InChI=1S/C21H28N4O2S2/c1-4-5-11-25-19(27)17-14(2)15(3)29-18(17)23-20(25)28-12-16(26)24-21(13-22)9-7-6-8-10-21/h4-12H2,1-3H3,(H,24,26). The zero-order valence-electron chi connectivity index (χ0n) is 17.3. The van der Waals surface area contributed by atoms with Gasteiger partial charge < -0.3 is 5.32 Å². The number of nitrogens with zero attached hydrogens (tertiary/aromatic N) is 3. The Balaban J connectivity index is 1.82. The molecule has 2 aromatic rings. The molecule has 0 aromatic carbocycles. The second kappa shape index (κ2) is 9.31. The molecule has 0 spiro atoms. The van der Waals surface area contributed by atoms with Crippen LogP contribution in [0, 0.1) is 25.2 Å². The van der Waals surface area contributed by atoms with Crippen molar-refractivity contribution >= 4 is 39.2 Å². The summed E-state index contributed by atoms with van der Waals surface area (Å²) in [5.74, 6) is -0.0232. The van der Waals surface area contributed by atoms with Crippen molar-refractivity contribution in [1.29, 1.82) is 5.26 Å². The fourth-order valence-corrected chi connectivity index (χ4v) is 5.68. The number of unbranched alkanes of at least 4 members (excludes halogenated alkanes) is 1. The van der Waals surface area contributed by atoms with Gasteiger partial charge in [0.05, 0.1) is 17.2 Å². The van der Waals surface area contributed by atoms with E-state index in [0.717, 1.165) is 47.4 Å². The molecule has 0 radical (unpaired) electrons. The van der Waals surface area contributed by atoms with E-state index >= 15 is 0 Å². The number of carbonyl (C=O) groups is 1. The maximum atomic E-state index is 13.1. The lowest BCUT2D eigenvalue weighted by molar-refractivity contribution is -0.120. The van der Waals surface area contributed by atoms with Crippen molar-refractivity contribution in [3.05, 3.63) is 20.8 Å². The van der Waals surface area contributed by atoms with Crippen molar-refractivity contribution < 1.29 is 4.79 Å². The highest BCUT2D eigenvalue weighted by molar-refractivity contribution is 7.99. The van der Waals surface area contributed by atoms with Crippen molar-refractivity contribution in [2.45, 2.75) is 83.0 Å². The third kappa shape index (κ3) is 4.67. The SMILES string of the molecule is CCCCn1c(SCC(=O)NC2(C#N)CCCCC2)nc2sc(C)c(C)c2c1=O. The lowest BCUT2D eigenvalue weighted by Gasteiger charge is -2.31. The van der Waals surface area contributed by atoms with Crippen LogP contribution in [0.15, 0.2) is 9.95 Å². The molecule has 1 aliphatic carbocycles. The highest BCUT2D eigenvalue weighted by Gasteiger charge is 2.33. The fourth-order valence-electron chi connectivity index (χ4n) is 3.79. The van der Waals surface area contributed by atoms with Crippen molar-refractivity contribution in [3.63, 3.8) is 0 Å². The minimum atomic E-state index is -0.739. The summed E-state index contributed by atoms with van der Waals surface area (Å²) < 4.78 is 1.71. The summed E-state index contributed by atoms with van der Waals surface area (Å²) in [4.78, 5) is 32.3. The first-order chi connectivity index (χ1) is 13.9. The molecule has 2 aromatic heterocycles. The Labute approximate surface area is 179 Å². The molecule has 156 valence electrons. The van der Waals surface area contributed by atoms with Crippen molar-refractivity contribution in [2.24, 2.45) is 0 Å². The number of aromatic nitrogens is 2. The molecular weight excluding hydrogens is 404 g/mol. The predicted molar refractivity (Wildman–Crippen MR) is 119 cm³/mol. The van der Waals surface area contributed by atoms with Crippen LogP contribution >= 0.6 is 23.1 Å². The Morgan fingerprint density at radius 3 is 2.72 bits per heavy atom. The first kappa shape index (κ1) is 21.8. The number of hydrogen-bond donors (Lipinski definition) is 1. The fraction of sp³-hybridized carbons (Fsp3) is 0.619. The van der Waals surface area contributed by atoms with Gasteiger partial charge in [0.25, 0.3) is 5.56 Å². The molecule has 6 nitrogen and oxygen atoms in total. The van der Waals surface area contributed by atoms with Crippen LogP contribution in [0.25, 0.3) is 10.2 Å². The number of rotatable bonds is 7. The van der Waals surface area contributed by atoms with Crippen LogP contribution in [0.3, 0.4) is 0 Å². The zero-order valence-corrected chi connectivity index (χ0v) is 19.0. The summed E-state index contributed by atoms with van der Waals surface area (Å²) in [5, 5.41) is 13.8. The van der Waals surface area contributed by atoms with E-state index < -0.39 is 5.54 Å². The molecular formula is C21H28N4O2S2. The lowest BCUT2D eigenvalue weighted by Crippen LogP contribution is -2.49. The largest absolute Gasteiger partial charge is 0.337 e. The van der Waals surface area contributed by atoms with Crippen LogP contribution in [-0.4, -0.2) is 26.8 Å². The normalized spacial score (nSPS) is 15.9. The van der Waals surface area contributed by atoms with Crippen LogP contribution in [-0.2, 0) is 11.3 Å². The molecule has 3 rings (SSSR count). The molecule has 0 atom stereocenters. The number of hydrogen-bond acceptors (Lipinski definition) is 6. The Morgan fingerprint density at radius 2 is 2.07 bits per heavy atom. The highest BCUT2D eigenvalue weighted by atomic mass is 32.2. The van der Waals surface area contributed by atoms with E-state index in [9.17, 15) is 14.9 Å². The molecule has 1 N–H and O–H groups in total. The summed E-state index contributed by atoms with van der Waals surface area (Å²) in [6.07, 6.45) is 6.31. The van der Waals surface area contributed by atoms with Gasteiger partial charge in [-0.15, -0.1) is 11.3 Å². The minimum Gasteiger partial charge on any atom is -0.337 e. The second-order valence-corrected chi connectivity index (χ2v) is 9.91. The molecule has 8 heteroatoms. The van der Waals surface area contributed by atoms with Gasteiger partial charge in [-0.2, -0.15) is 5.26 Å². The Bertz CT molecular complexity index is 997. The summed E-state index contributed by atoms with van der Waals surface area (Å²) in [5.41, 5.74) is 0.237. The Kier molecular flexibility index (Phi) is 7.01. The third-order valence-electron chi connectivity index (χ3n) is 5.62. The molecule has 0 aliphatic heterocycles. The quantitative estimate of drug-likeness (QED) is 0.520. The second-order valence-electron chi connectivity index (χ2n) is 7.76. The van der Waals surface area contributed by atoms with Crippen LogP contribution in [0.1, 0.15) is 62.3 Å². The van der Waals surface area contributed by atoms with Gasteiger partial charge in [0.2, 0.25) is 5.91 Å². The summed E-state index contributed by atoms with van der Waals surface area (Å²) in [7, 11) is 0. The van der Waals surface area contributed by atoms with Gasteiger partial charge in [-0.25, -0.2) is 4.98 Å². The van der Waals surface area contributed by atoms with E-state index in [4.69, 9.17) is 4.98 Å². The van der Waals surface area contributed by atoms with E-state index in [1.807, 2.05) is 13.8 Å². The number of thioether (sulfide) groups is 1. The van der Waals surface area contributed by atoms with Crippen LogP contribution in [0.5, 0.6) is 0 Å². The maximum absolute atomic E-state index is 13.1. The van der Waals surface area contributed by atoms with E-state index in [1.54, 1.807) is 4.57 Å². The number of carbonyl (C=O) groups excluding carboxylic acids is 1. The number of aryl methyl sites for hydroxylation is 2. The average Bonchev–Trinajstić information content (AvgIpc) is 3.00. The molecule has 1 amide bonds. The number of nitrogens with one attached hydrogen (secondary N) is 1. The minimum absolute atomic E-state index is 0.0195. The van der Waals surface area contributed by atoms with Crippen molar-refractivity contribution in [2.75, 3.05) is 5.75 Å². The van der Waals surface area contributed by atoms with Gasteiger partial charge in [-0.1, -0.05) is 44.4 Å². The van der Waals surface area contributed by atoms with Crippen LogP contribution in [0.2, 0.25) is 0 Å². The molecule has 29 heavy (non-hydrogen) atoms. The molecule has 2 heterocycles. The summed E-state index contributed by atoms with van der Waals surface area (Å²) in [6, 6.07) is 2.32. The molecule has 0 saturated heterocycles. The maximum Gasteiger partial charge on any atom is 0.263 e. The number of fused-ring (bicyclic) bond motifs is 1. The smallest absolute Gasteiger partial charge is 0.263 e. The van der Waals surface area contributed by atoms with Gasteiger partial charge in [-0.3, -0.25) is 14.2 Å². The molecule has 0 bridgehead atoms. The number of nitriles is 1. The van der Waals surface area contributed by atoms with Gasteiger partial charge in [0.1, 0.15) is 10.4 Å². The predicted octanol–water partition coefficient (Wildman–Crippen LogP) is 4.31. The lowest BCUT2D eigenvalue weighted by atomic mass is 9.83. The molecule has 1 aliphatic rings. The van der Waals surface area contributed by atoms with Gasteiger partial charge in [0.15, 0.2) is 5.16 Å². The first-order valence-electron chi connectivity index (χ1n) is 10.3. The zero-order chi connectivity index (χ0) is 21.0. The Hall–Kier alpha value is -1.85. The summed E-state index contributed by atoms with van der Waals surface area (Å²) >= 11 is 2.81. The van der Waals surface area contributed by atoms with E-state index in [-0.39, 0.29) is 17.2 Å². The highest BCUT2D eigenvalue weighted by Crippen LogP contribution is 2.30. The summed E-state index contributed by atoms with van der Waals surface area (Å²) in [6.45, 7) is 6.65. The molecule has 1 fully saturated rings. The molecule has 1 saturated carbocycles. The van der Waals surface area contributed by atoms with E-state index in [0.29, 0.717) is 29.9 Å². The molecule has 0 unspecified atom stereocenters. The van der Waals surface area contributed by atoms with Gasteiger partial charge in [-0.05, 0) is 38.7 Å². The monoisotopic (exact) mass is 432 g/mol. The number of thiophene rings is 1. The van der Waals surface area contributed by atoms with Crippen molar-refractivity contribution in [1.82, 2.24) is 14.9 Å². The van der Waals surface area contributed by atoms with E-state index in [1.165, 1.54) is 23.1 Å². The van der Waals surface area contributed by atoms with E-state index in [2.05, 4.69) is 18.3 Å². The average molecular weight is 433 g/mol. The van der Waals surface area contributed by atoms with Crippen molar-refractivity contribution in [3.8, 4) is 6.07 Å². The van der Waals surface area contributed by atoms with Crippen LogP contribution in [0.4, 0.5) is 0 Å². The number of amides is 1. The third-order valence-corrected chi connectivity index (χ3v) is 7.70. The first-order valence-corrected chi connectivity index (χ1v) is 12.1.